The number of nitrogens with one attached hydrogen (secondary N) is 2. The van der Waals surface area contributed by atoms with Crippen LogP contribution in [0.25, 0.3) is 0 Å². The van der Waals surface area contributed by atoms with Crippen LogP contribution in [-0.2, 0) is 9.59 Å². The molecule has 1 saturated carbocycles. The lowest BCUT2D eigenvalue weighted by Gasteiger charge is -2.43. The summed E-state index contributed by atoms with van der Waals surface area (Å²) in [5.41, 5.74) is 6.61. The number of anilines is 1. The minimum atomic E-state index is -0.212. The maximum atomic E-state index is 13.3. The summed E-state index contributed by atoms with van der Waals surface area (Å²) in [5, 5.41) is 5.07. The molecule has 1 aliphatic carbocycles. The van der Waals surface area contributed by atoms with E-state index in [2.05, 4.69) is 41.9 Å². The van der Waals surface area contributed by atoms with E-state index in [9.17, 15) is 9.59 Å². The van der Waals surface area contributed by atoms with Crippen molar-refractivity contribution in [3.05, 3.63) is 65.7 Å². The van der Waals surface area contributed by atoms with Crippen LogP contribution in [0.15, 0.2) is 54.6 Å². The zero-order valence-electron chi connectivity index (χ0n) is 16.0. The Morgan fingerprint density at radius 3 is 2.64 bits per heavy atom. The van der Waals surface area contributed by atoms with Gasteiger partial charge in [0.05, 0.1) is 17.8 Å². The average Bonchev–Trinajstić information content (AvgIpc) is 3.05. The molecule has 1 amide bonds. The third-order valence-corrected chi connectivity index (χ3v) is 6.61. The molecule has 0 spiro atoms. The van der Waals surface area contributed by atoms with E-state index in [1.54, 1.807) is 5.01 Å². The Hall–Kier alpha value is -2.50. The van der Waals surface area contributed by atoms with Gasteiger partial charge in [0, 0.05) is 18.9 Å². The molecule has 144 valence electrons. The van der Waals surface area contributed by atoms with E-state index in [0.717, 1.165) is 12.1 Å². The molecule has 0 aromatic heterocycles. The van der Waals surface area contributed by atoms with Crippen molar-refractivity contribution in [1.82, 2.24) is 10.7 Å². The summed E-state index contributed by atoms with van der Waals surface area (Å²) in [5.74, 6) is 0.354. The highest BCUT2D eigenvalue weighted by Crippen LogP contribution is 2.45. The van der Waals surface area contributed by atoms with Crippen LogP contribution in [0.1, 0.15) is 29.9 Å². The van der Waals surface area contributed by atoms with Gasteiger partial charge in [-0.15, -0.1) is 0 Å². The van der Waals surface area contributed by atoms with Crippen LogP contribution in [0.4, 0.5) is 5.69 Å². The first-order chi connectivity index (χ1) is 13.6. The van der Waals surface area contributed by atoms with E-state index in [1.165, 1.54) is 11.1 Å². The Kier molecular flexibility index (Phi) is 4.29. The highest BCUT2D eigenvalue weighted by Gasteiger charge is 2.54. The fourth-order valence-electron chi connectivity index (χ4n) is 5.26. The zero-order valence-corrected chi connectivity index (χ0v) is 16.0. The third kappa shape index (κ3) is 2.86. The number of carbonyl (C=O) groups is 2. The van der Waals surface area contributed by atoms with Crippen molar-refractivity contribution >= 4 is 17.4 Å². The second-order valence-corrected chi connectivity index (χ2v) is 8.34. The molecule has 5 heteroatoms. The van der Waals surface area contributed by atoms with E-state index >= 15 is 0 Å². The Labute approximate surface area is 165 Å². The fraction of sp³-hybridized carbons (Fsp3) is 0.391. The normalized spacial score (nSPS) is 32.2. The van der Waals surface area contributed by atoms with Gasteiger partial charge >= 0.3 is 0 Å². The predicted octanol–water partition coefficient (Wildman–Crippen LogP) is 2.77. The molecule has 5 nitrogen and oxygen atoms in total. The number of hydrogen-bond acceptors (Lipinski definition) is 4. The van der Waals surface area contributed by atoms with Gasteiger partial charge in [-0.05, 0) is 42.9 Å². The van der Waals surface area contributed by atoms with Crippen LogP contribution in [0.3, 0.4) is 0 Å². The number of hydrazine groups is 1. The number of carbonyl (C=O) groups excluding carboxylic acids is 2. The number of piperidine rings is 1. The highest BCUT2D eigenvalue weighted by atomic mass is 16.2. The summed E-state index contributed by atoms with van der Waals surface area (Å²) in [6, 6.07) is 18.1. The molecule has 28 heavy (non-hydrogen) atoms. The number of rotatable bonds is 2. The molecule has 2 N–H and O–H groups in total. The van der Waals surface area contributed by atoms with Crippen molar-refractivity contribution < 1.29 is 9.59 Å². The number of Topliss-reactive ketones (excluding diaryl/α,β-unsaturated/α-hetero) is 1. The molecule has 2 aliphatic heterocycles. The third-order valence-electron chi connectivity index (χ3n) is 6.61. The summed E-state index contributed by atoms with van der Waals surface area (Å²) in [7, 11) is 0. The van der Waals surface area contributed by atoms with E-state index in [0.29, 0.717) is 18.7 Å². The standard InChI is InChI=1S/C23H25N3O2/c1-14-6-5-7-15(10-14)16-11-18-19(20(27)12-16)13-24-22-21(18)23(28)26(25-22)17-8-3-2-4-9-17/h2-10,16,18-19,21-22,24-25H,11-13H2,1H3. The molecular weight excluding hydrogens is 350 g/mol. The number of ketones is 1. The SMILES string of the molecule is Cc1cccc(C2CC(=O)C3CNC4NN(c5ccccc5)C(=O)C4C3C2)c1. The number of para-hydroxylation sites is 1. The van der Waals surface area contributed by atoms with E-state index in [-0.39, 0.29) is 35.7 Å². The minimum absolute atomic E-state index is 0.0658. The Morgan fingerprint density at radius 1 is 1.04 bits per heavy atom. The molecule has 2 aromatic carbocycles. The Morgan fingerprint density at radius 2 is 1.86 bits per heavy atom. The van der Waals surface area contributed by atoms with Crippen molar-refractivity contribution in [2.45, 2.75) is 31.8 Å². The topological polar surface area (TPSA) is 61.4 Å². The van der Waals surface area contributed by atoms with Crippen molar-refractivity contribution in [1.29, 1.82) is 0 Å². The Balaban J connectivity index is 1.44. The van der Waals surface area contributed by atoms with Gasteiger partial charge in [-0.1, -0.05) is 48.0 Å². The van der Waals surface area contributed by atoms with Gasteiger partial charge in [0.2, 0.25) is 5.91 Å². The summed E-state index contributed by atoms with van der Waals surface area (Å²) in [4.78, 5) is 26.3. The molecule has 5 rings (SSSR count). The van der Waals surface area contributed by atoms with Gasteiger partial charge in [0.15, 0.2) is 0 Å². The van der Waals surface area contributed by atoms with E-state index in [4.69, 9.17) is 0 Å². The number of fused-ring (bicyclic) bond motifs is 3. The molecule has 2 aromatic rings. The van der Waals surface area contributed by atoms with Gasteiger partial charge < -0.3 is 0 Å². The first-order valence-corrected chi connectivity index (χ1v) is 10.1. The molecule has 3 fully saturated rings. The second-order valence-electron chi connectivity index (χ2n) is 8.34. The van der Waals surface area contributed by atoms with Crippen molar-refractivity contribution in [3.8, 4) is 0 Å². The van der Waals surface area contributed by atoms with Gasteiger partial charge in [0.25, 0.3) is 0 Å². The van der Waals surface area contributed by atoms with Gasteiger partial charge in [-0.2, -0.15) is 0 Å². The number of benzene rings is 2. The van der Waals surface area contributed by atoms with Crippen molar-refractivity contribution in [2.24, 2.45) is 17.8 Å². The van der Waals surface area contributed by atoms with Crippen LogP contribution in [-0.4, -0.2) is 24.4 Å². The maximum absolute atomic E-state index is 13.3. The first kappa shape index (κ1) is 17.6. The van der Waals surface area contributed by atoms with E-state index < -0.39 is 0 Å². The number of nitrogens with zero attached hydrogens (tertiary/aromatic N) is 1. The lowest BCUT2D eigenvalue weighted by Crippen LogP contribution is -2.57. The van der Waals surface area contributed by atoms with Gasteiger partial charge in [-0.25, -0.2) is 10.4 Å². The smallest absolute Gasteiger partial charge is 0.247 e. The molecule has 3 aliphatic rings. The first-order valence-electron chi connectivity index (χ1n) is 10.1. The number of amides is 1. The fourth-order valence-corrected chi connectivity index (χ4v) is 5.26. The molecule has 5 unspecified atom stereocenters. The average molecular weight is 375 g/mol. The largest absolute Gasteiger partial charge is 0.299 e. The van der Waals surface area contributed by atoms with Crippen LogP contribution in [0.5, 0.6) is 0 Å². The van der Waals surface area contributed by atoms with Gasteiger partial charge in [0.1, 0.15) is 5.78 Å². The summed E-state index contributed by atoms with van der Waals surface area (Å²) in [6.07, 6.45) is 1.35. The molecule has 0 radical (unpaired) electrons. The molecule has 2 saturated heterocycles. The summed E-state index contributed by atoms with van der Waals surface area (Å²) in [6.45, 7) is 2.73. The zero-order chi connectivity index (χ0) is 19.3. The lowest BCUT2D eigenvalue weighted by molar-refractivity contribution is -0.133. The molecular formula is C23H25N3O2. The highest BCUT2D eigenvalue weighted by molar-refractivity contribution is 5.98. The van der Waals surface area contributed by atoms with Crippen LogP contribution in [0, 0.1) is 24.7 Å². The predicted molar refractivity (Wildman–Crippen MR) is 107 cm³/mol. The number of hydrogen-bond donors (Lipinski definition) is 2. The lowest BCUT2D eigenvalue weighted by atomic mass is 9.64. The summed E-state index contributed by atoms with van der Waals surface area (Å²) >= 11 is 0. The van der Waals surface area contributed by atoms with Crippen LogP contribution < -0.4 is 15.8 Å². The molecule has 2 heterocycles. The van der Waals surface area contributed by atoms with Crippen molar-refractivity contribution in [3.63, 3.8) is 0 Å². The van der Waals surface area contributed by atoms with Crippen LogP contribution in [0.2, 0.25) is 0 Å². The van der Waals surface area contributed by atoms with E-state index in [1.807, 2.05) is 30.3 Å². The number of aryl methyl sites for hydroxylation is 1. The van der Waals surface area contributed by atoms with Crippen molar-refractivity contribution in [2.75, 3.05) is 11.6 Å². The molecule has 5 atom stereocenters. The quantitative estimate of drug-likeness (QED) is 0.847. The second kappa shape index (κ2) is 6.83. The van der Waals surface area contributed by atoms with Crippen LogP contribution >= 0.6 is 0 Å². The van der Waals surface area contributed by atoms with Gasteiger partial charge in [-0.3, -0.25) is 14.9 Å². The molecule has 0 bridgehead atoms. The Bertz CT molecular complexity index is 913. The monoisotopic (exact) mass is 375 g/mol. The minimum Gasteiger partial charge on any atom is -0.299 e. The maximum Gasteiger partial charge on any atom is 0.247 e. The summed E-state index contributed by atoms with van der Waals surface area (Å²) < 4.78 is 0.